The zero-order valence-electron chi connectivity index (χ0n) is 17.4. The molecule has 0 spiro atoms. The Morgan fingerprint density at radius 1 is 0.926 bits per heavy atom. The normalized spacial score (nSPS) is 13.0. The molecule has 27 heavy (non-hydrogen) atoms. The van der Waals surface area contributed by atoms with E-state index in [9.17, 15) is 0 Å². The number of allylic oxidation sites excluding steroid dienone is 3. The molecule has 1 aliphatic rings. The van der Waals surface area contributed by atoms with Crippen LogP contribution < -0.4 is 4.90 Å². The first-order valence-corrected chi connectivity index (χ1v) is 9.70. The molecule has 1 heteroatoms. The minimum absolute atomic E-state index is 0.189. The summed E-state index contributed by atoms with van der Waals surface area (Å²) >= 11 is 0. The number of rotatable bonds is 5. The molecule has 0 N–H and O–H groups in total. The monoisotopic (exact) mass is 355 g/mol. The van der Waals surface area contributed by atoms with E-state index in [-0.39, 0.29) is 5.41 Å². The molecule has 0 aromatic heterocycles. The Bertz CT molecular complexity index is 950. The van der Waals surface area contributed by atoms with Gasteiger partial charge in [-0.3, -0.25) is 0 Å². The molecule has 0 saturated carbocycles. The van der Waals surface area contributed by atoms with Crippen LogP contribution in [0, 0.1) is 20.8 Å². The van der Waals surface area contributed by atoms with Gasteiger partial charge in [0.15, 0.2) is 0 Å². The van der Waals surface area contributed by atoms with Crippen molar-refractivity contribution in [1.82, 2.24) is 0 Å². The van der Waals surface area contributed by atoms with Gasteiger partial charge in [0, 0.05) is 11.8 Å². The lowest BCUT2D eigenvalue weighted by Gasteiger charge is -2.30. The van der Waals surface area contributed by atoms with Gasteiger partial charge in [0.05, 0.1) is 11.4 Å². The fourth-order valence-electron chi connectivity index (χ4n) is 3.68. The highest BCUT2D eigenvalue weighted by Crippen LogP contribution is 2.37. The Balaban J connectivity index is 2.14. The van der Waals surface area contributed by atoms with Crippen molar-refractivity contribution in [3.05, 3.63) is 94.0 Å². The molecule has 1 aliphatic carbocycles. The number of benzene rings is 2. The molecule has 0 bridgehead atoms. The fraction of sp³-hybridized carbons (Fsp3) is 0.308. The maximum absolute atomic E-state index is 3.11. The highest BCUT2D eigenvalue weighted by Gasteiger charge is 2.21. The average Bonchev–Trinajstić information content (AvgIpc) is 2.65. The van der Waals surface area contributed by atoms with Gasteiger partial charge in [-0.2, -0.15) is 0 Å². The first kappa shape index (κ1) is 19.1. The Hall–Kier alpha value is -2.72. The van der Waals surface area contributed by atoms with Crippen LogP contribution in [-0.4, -0.2) is 0 Å². The van der Waals surface area contributed by atoms with Crippen LogP contribution in [0.15, 0.2) is 71.8 Å². The molecule has 0 unspecified atom stereocenters. The summed E-state index contributed by atoms with van der Waals surface area (Å²) in [6.07, 6.45) is 7.15. The van der Waals surface area contributed by atoms with Crippen molar-refractivity contribution < 1.29 is 0 Å². The third-order valence-corrected chi connectivity index (χ3v) is 5.55. The third kappa shape index (κ3) is 3.86. The fourth-order valence-corrected chi connectivity index (χ4v) is 3.68. The van der Waals surface area contributed by atoms with E-state index >= 15 is 0 Å². The molecule has 0 amide bonds. The van der Waals surface area contributed by atoms with Crippen molar-refractivity contribution >= 4 is 11.4 Å². The number of anilines is 2. The Kier molecular flexibility index (Phi) is 5.29. The maximum atomic E-state index is 3.11. The largest absolute Gasteiger partial charge is 0.309 e. The van der Waals surface area contributed by atoms with Gasteiger partial charge in [-0.15, -0.1) is 0 Å². The van der Waals surface area contributed by atoms with Crippen molar-refractivity contribution in [2.24, 2.45) is 0 Å². The van der Waals surface area contributed by atoms with Gasteiger partial charge in [0.1, 0.15) is 0 Å². The second kappa shape index (κ2) is 7.49. The summed E-state index contributed by atoms with van der Waals surface area (Å²) in [4.78, 5) is 2.33. The molecule has 1 nitrogen and oxygen atoms in total. The van der Waals surface area contributed by atoms with Gasteiger partial charge in [-0.1, -0.05) is 62.1 Å². The lowest BCUT2D eigenvalue weighted by Crippen LogP contribution is -2.19. The zero-order valence-corrected chi connectivity index (χ0v) is 17.4. The summed E-state index contributed by atoms with van der Waals surface area (Å²) in [6.45, 7) is 13.4. The van der Waals surface area contributed by atoms with E-state index in [2.05, 4.69) is 100 Å². The molecule has 0 heterocycles. The van der Waals surface area contributed by atoms with Gasteiger partial charge in [0.2, 0.25) is 0 Å². The molecule has 138 valence electrons. The quantitative estimate of drug-likeness (QED) is 0.512. The number of aryl methyl sites for hydroxylation is 3. The summed E-state index contributed by atoms with van der Waals surface area (Å²) < 4.78 is 0. The topological polar surface area (TPSA) is 3.24 Å². The number of hydrogen-bond acceptors (Lipinski definition) is 1. The van der Waals surface area contributed by atoms with Gasteiger partial charge in [0.25, 0.3) is 0 Å². The summed E-state index contributed by atoms with van der Waals surface area (Å²) in [5.74, 6) is 0. The van der Waals surface area contributed by atoms with Gasteiger partial charge in [-0.25, -0.2) is 0 Å². The summed E-state index contributed by atoms with van der Waals surface area (Å²) in [5.41, 5.74) is 15.0. The molecule has 0 saturated heterocycles. The SMILES string of the molecule is CCC(C)(C)c1ccc(N(C2=CC=C=C=C2)c2c(C)cc(C)cc2C)cc1. The first-order valence-electron chi connectivity index (χ1n) is 9.70. The average molecular weight is 356 g/mol. The minimum atomic E-state index is 0.189. The van der Waals surface area contributed by atoms with Crippen molar-refractivity contribution in [3.63, 3.8) is 0 Å². The molecular formula is C26H29N. The Morgan fingerprint density at radius 2 is 1.56 bits per heavy atom. The van der Waals surface area contributed by atoms with Crippen LogP contribution in [0.5, 0.6) is 0 Å². The zero-order chi connectivity index (χ0) is 19.6. The number of nitrogens with zero attached hydrogens (tertiary/aromatic N) is 1. The lowest BCUT2D eigenvalue weighted by molar-refractivity contribution is 0.506. The van der Waals surface area contributed by atoms with Crippen LogP contribution in [0.1, 0.15) is 49.4 Å². The van der Waals surface area contributed by atoms with E-state index in [1.54, 1.807) is 0 Å². The Labute approximate surface area is 164 Å². The summed E-state index contributed by atoms with van der Waals surface area (Å²) in [5, 5.41) is 0. The second-order valence-electron chi connectivity index (χ2n) is 8.06. The van der Waals surface area contributed by atoms with E-state index in [1.807, 2.05) is 12.2 Å². The Morgan fingerprint density at radius 3 is 2.07 bits per heavy atom. The van der Waals surface area contributed by atoms with E-state index in [0.717, 1.165) is 12.1 Å². The lowest BCUT2D eigenvalue weighted by atomic mass is 9.82. The van der Waals surface area contributed by atoms with Crippen LogP contribution in [0.2, 0.25) is 0 Å². The van der Waals surface area contributed by atoms with Gasteiger partial charge in [-0.05, 0) is 73.6 Å². The van der Waals surface area contributed by atoms with Crippen LogP contribution in [0.25, 0.3) is 0 Å². The van der Waals surface area contributed by atoms with Crippen molar-refractivity contribution in [1.29, 1.82) is 0 Å². The van der Waals surface area contributed by atoms with Crippen LogP contribution in [0.4, 0.5) is 11.4 Å². The molecule has 0 fully saturated rings. The molecule has 0 radical (unpaired) electrons. The second-order valence-corrected chi connectivity index (χ2v) is 8.06. The van der Waals surface area contributed by atoms with Gasteiger partial charge >= 0.3 is 0 Å². The highest BCUT2D eigenvalue weighted by molar-refractivity contribution is 5.76. The number of hydrogen-bond donors (Lipinski definition) is 0. The van der Waals surface area contributed by atoms with Crippen LogP contribution in [-0.2, 0) is 5.41 Å². The predicted octanol–water partition coefficient (Wildman–Crippen LogP) is 7.20. The van der Waals surface area contributed by atoms with Crippen LogP contribution in [0.3, 0.4) is 0 Å². The summed E-state index contributed by atoms with van der Waals surface area (Å²) in [7, 11) is 0. The standard InChI is InChI=1S/C26H29N/c1-7-26(5,6)22-13-15-24(16-14-22)27(23-11-9-8-10-12-23)25-20(3)17-19(2)18-21(25)4/h9,11-18H,7H2,1-6H3. The van der Waals surface area contributed by atoms with Crippen LogP contribution >= 0.6 is 0 Å². The van der Waals surface area contributed by atoms with Crippen molar-refractivity contribution in [3.8, 4) is 0 Å². The molecule has 2 aromatic carbocycles. The minimum Gasteiger partial charge on any atom is -0.309 e. The molecule has 0 aliphatic heterocycles. The predicted molar refractivity (Wildman–Crippen MR) is 117 cm³/mol. The first-order chi connectivity index (χ1) is 12.8. The van der Waals surface area contributed by atoms with E-state index < -0.39 is 0 Å². The molecule has 3 rings (SSSR count). The van der Waals surface area contributed by atoms with E-state index in [4.69, 9.17) is 0 Å². The smallest absolute Gasteiger partial charge is 0.0551 e. The van der Waals surface area contributed by atoms with E-state index in [1.165, 1.54) is 33.6 Å². The van der Waals surface area contributed by atoms with E-state index in [0.29, 0.717) is 0 Å². The van der Waals surface area contributed by atoms with Crippen molar-refractivity contribution in [2.75, 3.05) is 4.90 Å². The molecular weight excluding hydrogens is 326 g/mol. The highest BCUT2D eigenvalue weighted by atomic mass is 15.1. The summed E-state index contributed by atoms with van der Waals surface area (Å²) in [6, 6.07) is 13.5. The third-order valence-electron chi connectivity index (χ3n) is 5.55. The molecule has 0 atom stereocenters. The molecule has 2 aromatic rings. The maximum Gasteiger partial charge on any atom is 0.0551 e. The van der Waals surface area contributed by atoms with Gasteiger partial charge < -0.3 is 4.90 Å². The van der Waals surface area contributed by atoms with Crippen molar-refractivity contribution in [2.45, 2.75) is 53.4 Å².